The van der Waals surface area contributed by atoms with Gasteiger partial charge in [-0.15, -0.1) is 0 Å². The summed E-state index contributed by atoms with van der Waals surface area (Å²) in [4.78, 5) is 4.40. The second-order valence-corrected chi connectivity index (χ2v) is 5.79. The number of ether oxygens (including phenoxy) is 3. The van der Waals surface area contributed by atoms with Crippen LogP contribution in [0.25, 0.3) is 17.0 Å². The summed E-state index contributed by atoms with van der Waals surface area (Å²) in [6.45, 7) is 3.11. The third-order valence-corrected chi connectivity index (χ3v) is 3.95. The van der Waals surface area contributed by atoms with E-state index in [-0.39, 0.29) is 0 Å². The lowest BCUT2D eigenvalue weighted by Crippen LogP contribution is -2.06. The Bertz CT molecular complexity index is 884. The first-order valence-electron chi connectivity index (χ1n) is 8.72. The van der Waals surface area contributed by atoms with Crippen molar-refractivity contribution >= 4 is 17.0 Å². The monoisotopic (exact) mass is 349 g/mol. The highest BCUT2D eigenvalue weighted by atomic mass is 16.5. The van der Waals surface area contributed by atoms with Crippen molar-refractivity contribution in [3.8, 4) is 17.2 Å². The maximum Gasteiger partial charge on any atom is 0.161 e. The maximum absolute atomic E-state index is 5.88. The molecule has 0 saturated heterocycles. The summed E-state index contributed by atoms with van der Waals surface area (Å²) < 4.78 is 17.1. The molecule has 1 heterocycles. The summed E-state index contributed by atoms with van der Waals surface area (Å²) >= 11 is 0. The Morgan fingerprint density at radius 1 is 0.923 bits per heavy atom. The van der Waals surface area contributed by atoms with Crippen molar-refractivity contribution in [2.24, 2.45) is 0 Å². The second-order valence-electron chi connectivity index (χ2n) is 5.79. The molecule has 0 atom stereocenters. The number of pyridine rings is 1. The predicted octanol–water partition coefficient (Wildman–Crippen LogP) is 5.12. The zero-order valence-electron chi connectivity index (χ0n) is 15.1. The number of allylic oxidation sites excluding steroid dienone is 1. The van der Waals surface area contributed by atoms with Gasteiger partial charge in [-0.25, -0.2) is 0 Å². The lowest BCUT2D eigenvalue weighted by atomic mass is 10.2. The highest BCUT2D eigenvalue weighted by Crippen LogP contribution is 2.29. The molecular formula is C22H23NO3. The Kier molecular flexibility index (Phi) is 6.09. The van der Waals surface area contributed by atoms with Gasteiger partial charge in [-0.05, 0) is 36.8 Å². The van der Waals surface area contributed by atoms with Gasteiger partial charge in [0.2, 0.25) is 0 Å². The van der Waals surface area contributed by atoms with Gasteiger partial charge in [-0.2, -0.15) is 0 Å². The van der Waals surface area contributed by atoms with E-state index in [0.29, 0.717) is 13.2 Å². The average Bonchev–Trinajstić information content (AvgIpc) is 2.69. The molecule has 4 heteroatoms. The molecule has 0 aliphatic carbocycles. The molecule has 0 radical (unpaired) electrons. The van der Waals surface area contributed by atoms with Crippen LogP contribution in [0.4, 0.5) is 0 Å². The fourth-order valence-corrected chi connectivity index (χ4v) is 2.72. The number of benzene rings is 2. The van der Waals surface area contributed by atoms with Crippen LogP contribution in [-0.2, 0) is 0 Å². The van der Waals surface area contributed by atoms with Crippen LogP contribution in [0.5, 0.6) is 17.2 Å². The zero-order chi connectivity index (χ0) is 18.2. The summed E-state index contributed by atoms with van der Waals surface area (Å²) in [6, 6.07) is 15.8. The molecular weight excluding hydrogens is 326 g/mol. The van der Waals surface area contributed by atoms with Gasteiger partial charge < -0.3 is 14.2 Å². The van der Waals surface area contributed by atoms with Gasteiger partial charge in [-0.3, -0.25) is 4.98 Å². The molecule has 0 spiro atoms. The van der Waals surface area contributed by atoms with Crippen LogP contribution in [0.2, 0.25) is 0 Å². The molecule has 3 rings (SSSR count). The van der Waals surface area contributed by atoms with E-state index in [1.54, 1.807) is 13.3 Å². The number of fused-ring (bicyclic) bond motifs is 1. The molecule has 0 N–H and O–H groups in total. The SMILES string of the molecule is C/C=C/c1ccc(OCCCOc2cccc3cccnc23)c(OC)c1. The van der Waals surface area contributed by atoms with E-state index in [1.165, 1.54) is 0 Å². The van der Waals surface area contributed by atoms with E-state index in [2.05, 4.69) is 4.98 Å². The number of nitrogens with zero attached hydrogens (tertiary/aromatic N) is 1. The smallest absolute Gasteiger partial charge is 0.161 e. The van der Waals surface area contributed by atoms with Crippen LogP contribution in [-0.4, -0.2) is 25.3 Å². The summed E-state index contributed by atoms with van der Waals surface area (Å²) in [5.41, 5.74) is 1.97. The van der Waals surface area contributed by atoms with Gasteiger partial charge in [-0.1, -0.05) is 36.4 Å². The van der Waals surface area contributed by atoms with E-state index in [9.17, 15) is 0 Å². The van der Waals surface area contributed by atoms with Gasteiger partial charge >= 0.3 is 0 Å². The number of hydrogen-bond donors (Lipinski definition) is 0. The summed E-state index contributed by atoms with van der Waals surface area (Å²) in [5, 5.41) is 1.08. The first-order valence-corrected chi connectivity index (χ1v) is 8.72. The molecule has 0 unspecified atom stereocenters. The predicted molar refractivity (Wildman–Crippen MR) is 105 cm³/mol. The Morgan fingerprint density at radius 2 is 1.73 bits per heavy atom. The normalized spacial score (nSPS) is 11.0. The minimum Gasteiger partial charge on any atom is -0.493 e. The lowest BCUT2D eigenvalue weighted by Gasteiger charge is -2.12. The minimum absolute atomic E-state index is 0.553. The maximum atomic E-state index is 5.88. The number of methoxy groups -OCH3 is 1. The van der Waals surface area contributed by atoms with E-state index in [0.717, 1.165) is 40.1 Å². The van der Waals surface area contributed by atoms with Crippen LogP contribution in [0.3, 0.4) is 0 Å². The molecule has 1 aromatic heterocycles. The Morgan fingerprint density at radius 3 is 2.54 bits per heavy atom. The Labute approximate surface area is 154 Å². The fraction of sp³-hybridized carbons (Fsp3) is 0.227. The molecule has 0 aliphatic rings. The summed E-state index contributed by atoms with van der Waals surface area (Å²) in [6.07, 6.45) is 6.57. The molecule has 134 valence electrons. The first-order chi connectivity index (χ1) is 12.8. The van der Waals surface area contributed by atoms with Crippen molar-refractivity contribution in [2.75, 3.05) is 20.3 Å². The molecule has 3 aromatic rings. The minimum atomic E-state index is 0.553. The van der Waals surface area contributed by atoms with Crippen LogP contribution in [0.15, 0.2) is 60.8 Å². The van der Waals surface area contributed by atoms with Crippen molar-refractivity contribution < 1.29 is 14.2 Å². The van der Waals surface area contributed by atoms with Gasteiger partial charge in [0.05, 0.1) is 20.3 Å². The average molecular weight is 349 g/mol. The first kappa shape index (κ1) is 17.8. The topological polar surface area (TPSA) is 40.6 Å². The van der Waals surface area contributed by atoms with E-state index < -0.39 is 0 Å². The lowest BCUT2D eigenvalue weighted by molar-refractivity contribution is 0.241. The fourth-order valence-electron chi connectivity index (χ4n) is 2.72. The number of aromatic nitrogens is 1. The number of para-hydroxylation sites is 1. The van der Waals surface area contributed by atoms with Crippen LogP contribution < -0.4 is 14.2 Å². The molecule has 0 fully saturated rings. The Hall–Kier alpha value is -3.01. The molecule has 2 aromatic carbocycles. The molecule has 26 heavy (non-hydrogen) atoms. The van der Waals surface area contributed by atoms with Crippen LogP contribution in [0, 0.1) is 0 Å². The molecule has 0 bridgehead atoms. The van der Waals surface area contributed by atoms with Crippen molar-refractivity contribution in [1.82, 2.24) is 4.98 Å². The largest absolute Gasteiger partial charge is 0.493 e. The summed E-state index contributed by atoms with van der Waals surface area (Å²) in [7, 11) is 1.65. The number of hydrogen-bond acceptors (Lipinski definition) is 4. The quantitative estimate of drug-likeness (QED) is 0.529. The Balaban J connectivity index is 1.53. The molecule has 0 saturated carbocycles. The summed E-state index contributed by atoms with van der Waals surface area (Å²) in [5.74, 6) is 2.28. The van der Waals surface area contributed by atoms with Crippen molar-refractivity contribution in [2.45, 2.75) is 13.3 Å². The highest BCUT2D eigenvalue weighted by molar-refractivity contribution is 5.84. The van der Waals surface area contributed by atoms with Crippen molar-refractivity contribution in [1.29, 1.82) is 0 Å². The van der Waals surface area contributed by atoms with Crippen molar-refractivity contribution in [3.05, 3.63) is 66.4 Å². The third-order valence-electron chi connectivity index (χ3n) is 3.95. The standard InChI is InChI=1S/C22H23NO3/c1-3-7-17-11-12-19(21(16-17)24-2)25-14-6-15-26-20-10-4-8-18-9-5-13-23-22(18)20/h3-5,7-13,16H,6,14-15H2,1-2H3/b7-3+. The van der Waals surface area contributed by atoms with Gasteiger partial charge in [0.25, 0.3) is 0 Å². The van der Waals surface area contributed by atoms with Crippen LogP contribution >= 0.6 is 0 Å². The van der Waals surface area contributed by atoms with Gasteiger partial charge in [0.15, 0.2) is 11.5 Å². The van der Waals surface area contributed by atoms with Gasteiger partial charge in [0.1, 0.15) is 11.3 Å². The third kappa shape index (κ3) is 4.33. The highest BCUT2D eigenvalue weighted by Gasteiger charge is 2.06. The molecule has 0 aliphatic heterocycles. The molecule has 0 amide bonds. The van der Waals surface area contributed by atoms with E-state index in [1.807, 2.05) is 67.6 Å². The van der Waals surface area contributed by atoms with Gasteiger partial charge in [0, 0.05) is 18.0 Å². The van der Waals surface area contributed by atoms with Crippen molar-refractivity contribution in [3.63, 3.8) is 0 Å². The zero-order valence-corrected chi connectivity index (χ0v) is 15.1. The second kappa shape index (κ2) is 8.90. The van der Waals surface area contributed by atoms with E-state index in [4.69, 9.17) is 14.2 Å². The molecule has 4 nitrogen and oxygen atoms in total. The van der Waals surface area contributed by atoms with E-state index >= 15 is 0 Å². The number of rotatable bonds is 8. The van der Waals surface area contributed by atoms with Crippen LogP contribution in [0.1, 0.15) is 18.9 Å².